The first kappa shape index (κ1) is 47.0. The number of terminal acetylenes is 1. The molecular weight excluding hydrogens is 601 g/mol. The zero-order valence-corrected chi connectivity index (χ0v) is 32.5. The van der Waals surface area contributed by atoms with Gasteiger partial charge in [-0.15, -0.1) is 6.42 Å². The fourth-order valence-corrected chi connectivity index (χ4v) is 6.58. The Labute approximate surface area is 306 Å². The lowest BCUT2D eigenvalue weighted by Crippen LogP contribution is -1.95. The van der Waals surface area contributed by atoms with Crippen LogP contribution in [0.5, 0.6) is 0 Å². The molecule has 49 heavy (non-hydrogen) atoms. The van der Waals surface area contributed by atoms with Crippen LogP contribution in [0.1, 0.15) is 225 Å². The van der Waals surface area contributed by atoms with Crippen LogP contribution in [0.25, 0.3) is 0 Å². The molecule has 0 aromatic rings. The van der Waals surface area contributed by atoms with E-state index in [9.17, 15) is 9.90 Å². The molecule has 0 aliphatic carbocycles. The third-order valence-electron chi connectivity index (χ3n) is 9.79. The van der Waals surface area contributed by atoms with Gasteiger partial charge < -0.3 is 9.84 Å². The van der Waals surface area contributed by atoms with Crippen molar-refractivity contribution in [3.05, 3.63) is 24.3 Å². The summed E-state index contributed by atoms with van der Waals surface area (Å²) in [6, 6.07) is 0. The van der Waals surface area contributed by atoms with Crippen LogP contribution in [0, 0.1) is 24.2 Å². The molecule has 0 amide bonds. The van der Waals surface area contributed by atoms with Crippen molar-refractivity contribution in [2.75, 3.05) is 7.11 Å². The standard InChI is InChI=1S/C46H80O3/c1-3-45(47)43-41-39-37-35-33-31-29-27-25-23-21-19-17-15-13-11-9-7-5-4-6-8-10-12-14-16-18-20-22-24-26-28-30-32-34-36-38-40-42-44-46(48)49-2/h1,38,40-41,43,45,47H,4-37,39H2,2H3. The second-order valence-corrected chi connectivity index (χ2v) is 14.4. The SMILES string of the molecule is C#CC(O)C=CCCCCCCCCCCCCCCCCCCCCCCCCCCCCCCCCCCCC=CC#CC(=O)OC. The number of carbonyl (C=O) groups excluding carboxylic acids is 1. The van der Waals surface area contributed by atoms with E-state index in [2.05, 4.69) is 28.6 Å². The van der Waals surface area contributed by atoms with E-state index < -0.39 is 12.1 Å². The van der Waals surface area contributed by atoms with E-state index in [4.69, 9.17) is 6.42 Å². The molecule has 282 valence electrons. The maximum atomic E-state index is 10.9. The van der Waals surface area contributed by atoms with Gasteiger partial charge in [0.15, 0.2) is 0 Å². The van der Waals surface area contributed by atoms with Crippen molar-refractivity contribution in [2.24, 2.45) is 0 Å². The Morgan fingerprint density at radius 2 is 0.776 bits per heavy atom. The number of rotatable bonds is 37. The highest BCUT2D eigenvalue weighted by Crippen LogP contribution is 2.17. The molecule has 0 heterocycles. The van der Waals surface area contributed by atoms with Gasteiger partial charge >= 0.3 is 5.97 Å². The number of aliphatic hydroxyl groups is 1. The fourth-order valence-electron chi connectivity index (χ4n) is 6.58. The molecule has 0 radical (unpaired) electrons. The maximum absolute atomic E-state index is 10.9. The number of esters is 1. The minimum atomic E-state index is -0.712. The van der Waals surface area contributed by atoms with Crippen molar-refractivity contribution in [2.45, 2.75) is 231 Å². The lowest BCUT2D eigenvalue weighted by Gasteiger charge is -2.05. The lowest BCUT2D eigenvalue weighted by atomic mass is 10.0. The fraction of sp³-hybridized carbons (Fsp3) is 0.804. The summed E-state index contributed by atoms with van der Waals surface area (Å²) >= 11 is 0. The molecule has 0 saturated carbocycles. The van der Waals surface area contributed by atoms with Crippen molar-refractivity contribution in [3.8, 4) is 24.2 Å². The number of aliphatic hydroxyl groups excluding tert-OH is 1. The largest absolute Gasteiger partial charge is 0.459 e. The van der Waals surface area contributed by atoms with Crippen LogP contribution in [-0.4, -0.2) is 24.3 Å². The normalized spacial score (nSPS) is 11.9. The molecule has 0 aliphatic heterocycles. The maximum Gasteiger partial charge on any atom is 0.384 e. The number of allylic oxidation sites excluding steroid dienone is 3. The Kier molecular flexibility index (Phi) is 40.5. The van der Waals surface area contributed by atoms with E-state index in [1.807, 2.05) is 6.08 Å². The van der Waals surface area contributed by atoms with Crippen LogP contribution >= 0.6 is 0 Å². The molecule has 0 fully saturated rings. The topological polar surface area (TPSA) is 46.5 Å². The van der Waals surface area contributed by atoms with Gasteiger partial charge in [-0.1, -0.05) is 223 Å². The van der Waals surface area contributed by atoms with Crippen molar-refractivity contribution in [1.29, 1.82) is 0 Å². The van der Waals surface area contributed by atoms with E-state index in [-0.39, 0.29) is 0 Å². The van der Waals surface area contributed by atoms with Crippen molar-refractivity contribution < 1.29 is 14.6 Å². The minimum absolute atomic E-state index is 0.475. The number of carbonyl (C=O) groups is 1. The third kappa shape index (κ3) is 42.1. The Morgan fingerprint density at radius 3 is 1.04 bits per heavy atom. The number of unbranched alkanes of at least 4 members (excludes halogenated alkanes) is 34. The Hall–Kier alpha value is -1.97. The Bertz CT molecular complexity index is 839. The highest BCUT2D eigenvalue weighted by Gasteiger charge is 1.98. The summed E-state index contributed by atoms with van der Waals surface area (Å²) < 4.78 is 4.48. The highest BCUT2D eigenvalue weighted by molar-refractivity contribution is 5.88. The van der Waals surface area contributed by atoms with Gasteiger partial charge in [-0.2, -0.15) is 0 Å². The van der Waals surface area contributed by atoms with Gasteiger partial charge in [-0.25, -0.2) is 4.79 Å². The first-order chi connectivity index (χ1) is 24.2. The average molecular weight is 681 g/mol. The Morgan fingerprint density at radius 1 is 0.510 bits per heavy atom. The molecule has 1 atom stereocenters. The first-order valence-corrected chi connectivity index (χ1v) is 21.3. The van der Waals surface area contributed by atoms with Gasteiger partial charge in [-0.3, -0.25) is 0 Å². The predicted octanol–water partition coefficient (Wildman–Crippen LogP) is 13.9. The van der Waals surface area contributed by atoms with Gasteiger partial charge in [0.2, 0.25) is 0 Å². The summed E-state index contributed by atoms with van der Waals surface area (Å²) in [5, 5.41) is 9.27. The minimum Gasteiger partial charge on any atom is -0.459 e. The van der Waals surface area contributed by atoms with Crippen LogP contribution in [-0.2, 0) is 9.53 Å². The van der Waals surface area contributed by atoms with Gasteiger partial charge in [0.1, 0.15) is 6.10 Å². The Balaban J connectivity index is 3.12. The molecular formula is C46H80O3. The predicted molar refractivity (Wildman–Crippen MR) is 215 cm³/mol. The summed E-state index contributed by atoms with van der Waals surface area (Å²) in [6.07, 6.45) is 60.6. The zero-order valence-electron chi connectivity index (χ0n) is 32.5. The summed E-state index contributed by atoms with van der Waals surface area (Å²) in [6.45, 7) is 0. The summed E-state index contributed by atoms with van der Waals surface area (Å²) in [4.78, 5) is 10.9. The molecule has 0 rings (SSSR count). The molecule has 1 N–H and O–H groups in total. The van der Waals surface area contributed by atoms with Crippen molar-refractivity contribution in [3.63, 3.8) is 0 Å². The van der Waals surface area contributed by atoms with Gasteiger partial charge in [0.25, 0.3) is 0 Å². The number of hydrogen-bond donors (Lipinski definition) is 1. The summed E-state index contributed by atoms with van der Waals surface area (Å²) in [5.74, 6) is 6.95. The van der Waals surface area contributed by atoms with Crippen LogP contribution in [0.2, 0.25) is 0 Å². The molecule has 3 heteroatoms. The van der Waals surface area contributed by atoms with Gasteiger partial charge in [-0.05, 0) is 37.8 Å². The van der Waals surface area contributed by atoms with Crippen LogP contribution in [0.4, 0.5) is 0 Å². The molecule has 0 aromatic heterocycles. The van der Waals surface area contributed by atoms with E-state index in [1.54, 1.807) is 12.2 Å². The summed E-state index contributed by atoms with van der Waals surface area (Å²) in [5.41, 5.74) is 0. The van der Waals surface area contributed by atoms with Crippen LogP contribution in [0.15, 0.2) is 24.3 Å². The number of methoxy groups -OCH3 is 1. The quantitative estimate of drug-likeness (QED) is 0.0233. The second kappa shape index (κ2) is 42.2. The number of hydrogen-bond acceptors (Lipinski definition) is 3. The van der Waals surface area contributed by atoms with Gasteiger partial charge in [0, 0.05) is 5.92 Å². The monoisotopic (exact) mass is 681 g/mol. The van der Waals surface area contributed by atoms with E-state index in [1.165, 1.54) is 219 Å². The van der Waals surface area contributed by atoms with Gasteiger partial charge in [0.05, 0.1) is 7.11 Å². The van der Waals surface area contributed by atoms with Crippen LogP contribution < -0.4 is 0 Å². The van der Waals surface area contributed by atoms with E-state index >= 15 is 0 Å². The molecule has 0 bridgehead atoms. The third-order valence-corrected chi connectivity index (χ3v) is 9.79. The lowest BCUT2D eigenvalue weighted by molar-refractivity contribution is -0.133. The number of ether oxygens (including phenoxy) is 1. The summed E-state index contributed by atoms with van der Waals surface area (Å²) in [7, 11) is 1.35. The first-order valence-electron chi connectivity index (χ1n) is 21.3. The molecule has 0 aromatic carbocycles. The zero-order chi connectivity index (χ0) is 35.6. The molecule has 0 saturated heterocycles. The second-order valence-electron chi connectivity index (χ2n) is 14.4. The van der Waals surface area contributed by atoms with Crippen LogP contribution in [0.3, 0.4) is 0 Å². The van der Waals surface area contributed by atoms with E-state index in [0.29, 0.717) is 0 Å². The smallest absolute Gasteiger partial charge is 0.384 e. The van der Waals surface area contributed by atoms with Crippen molar-refractivity contribution >= 4 is 5.97 Å². The van der Waals surface area contributed by atoms with E-state index in [0.717, 1.165) is 12.8 Å². The molecule has 3 nitrogen and oxygen atoms in total. The van der Waals surface area contributed by atoms with Crippen molar-refractivity contribution in [1.82, 2.24) is 0 Å². The average Bonchev–Trinajstić information content (AvgIpc) is 3.11. The molecule has 1 unspecified atom stereocenters. The molecule has 0 spiro atoms. The highest BCUT2D eigenvalue weighted by atomic mass is 16.5. The molecule has 0 aliphatic rings.